The van der Waals surface area contributed by atoms with E-state index in [1.165, 1.54) is 6.07 Å². The van der Waals surface area contributed by atoms with E-state index in [1.807, 2.05) is 60.7 Å². The molecule has 0 radical (unpaired) electrons. The number of pyridine rings is 1. The smallest absolute Gasteiger partial charge is 0.347 e. The number of hydrogen-bond donors (Lipinski definition) is 1. The Balaban J connectivity index is 1.92. The number of H-pyrrole nitrogens is 1. The van der Waals surface area contributed by atoms with Gasteiger partial charge in [0.15, 0.2) is 11.0 Å². The second-order valence-electron chi connectivity index (χ2n) is 6.02. The summed E-state index contributed by atoms with van der Waals surface area (Å²) in [6, 6.07) is 20.7. The van der Waals surface area contributed by atoms with Crippen molar-refractivity contribution in [2.45, 2.75) is 20.0 Å². The van der Waals surface area contributed by atoms with E-state index < -0.39 is 11.4 Å². The monoisotopic (exact) mass is 363 g/mol. The van der Waals surface area contributed by atoms with Crippen LogP contribution in [0.5, 0.6) is 5.88 Å². The lowest BCUT2D eigenvalue weighted by atomic mass is 10.1. The summed E-state index contributed by atoms with van der Waals surface area (Å²) in [7, 11) is 0. The molecular formula is C22H21NO4. The summed E-state index contributed by atoms with van der Waals surface area (Å²) in [5, 5.41) is 0. The summed E-state index contributed by atoms with van der Waals surface area (Å²) in [6.45, 7) is 2.11. The third-order valence-electron chi connectivity index (χ3n) is 4.00. The fourth-order valence-corrected chi connectivity index (χ4v) is 2.73. The summed E-state index contributed by atoms with van der Waals surface area (Å²) < 4.78 is 10.8. The lowest BCUT2D eigenvalue weighted by molar-refractivity contribution is 0.0518. The van der Waals surface area contributed by atoms with E-state index >= 15 is 0 Å². The number of aromatic nitrogens is 1. The molecule has 0 unspecified atom stereocenters. The van der Waals surface area contributed by atoms with Crippen molar-refractivity contribution in [3.05, 3.63) is 99.3 Å². The van der Waals surface area contributed by atoms with Crippen LogP contribution in [0.25, 0.3) is 0 Å². The van der Waals surface area contributed by atoms with Gasteiger partial charge < -0.3 is 14.5 Å². The van der Waals surface area contributed by atoms with Gasteiger partial charge in [0.2, 0.25) is 5.88 Å². The molecule has 1 aromatic heterocycles. The molecule has 0 aliphatic carbocycles. The molecule has 5 nitrogen and oxygen atoms in total. The minimum absolute atomic E-state index is 0.107. The number of carbonyl (C=O) groups is 1. The highest BCUT2D eigenvalue weighted by molar-refractivity contribution is 5.91. The molecule has 5 heteroatoms. The first-order valence-electron chi connectivity index (χ1n) is 8.81. The summed E-state index contributed by atoms with van der Waals surface area (Å²) in [5.41, 5.74) is 2.13. The maximum atomic E-state index is 12.6. The van der Waals surface area contributed by atoms with Gasteiger partial charge >= 0.3 is 5.97 Å². The molecule has 1 heterocycles. The molecule has 3 aromatic rings. The lowest BCUT2D eigenvalue weighted by Crippen LogP contribution is -2.21. The SMILES string of the molecule is CCOC(=O)c1c(OCc2ccccc2)[nH]c(Cc2ccccc2)cc1=O. The fraction of sp³-hybridized carbons (Fsp3) is 0.182. The molecule has 27 heavy (non-hydrogen) atoms. The first-order valence-corrected chi connectivity index (χ1v) is 8.81. The van der Waals surface area contributed by atoms with Crippen LogP contribution in [0.2, 0.25) is 0 Å². The summed E-state index contributed by atoms with van der Waals surface area (Å²) >= 11 is 0. The van der Waals surface area contributed by atoms with Gasteiger partial charge in [0, 0.05) is 18.2 Å². The van der Waals surface area contributed by atoms with Gasteiger partial charge in [-0.1, -0.05) is 60.7 Å². The third-order valence-corrected chi connectivity index (χ3v) is 4.00. The van der Waals surface area contributed by atoms with E-state index in [4.69, 9.17) is 9.47 Å². The average molecular weight is 363 g/mol. The number of nitrogens with one attached hydrogen (secondary N) is 1. The fourth-order valence-electron chi connectivity index (χ4n) is 2.73. The zero-order chi connectivity index (χ0) is 19.1. The topological polar surface area (TPSA) is 68.4 Å². The Bertz CT molecular complexity index is 949. The molecule has 0 fully saturated rings. The van der Waals surface area contributed by atoms with Crippen LogP contribution in [0.1, 0.15) is 34.1 Å². The molecular weight excluding hydrogens is 342 g/mol. The Hall–Kier alpha value is -3.34. The number of esters is 1. The Kier molecular flexibility index (Phi) is 6.05. The number of rotatable bonds is 7. The van der Waals surface area contributed by atoms with E-state index in [9.17, 15) is 9.59 Å². The Morgan fingerprint density at radius 1 is 0.963 bits per heavy atom. The van der Waals surface area contributed by atoms with Crippen molar-refractivity contribution < 1.29 is 14.3 Å². The van der Waals surface area contributed by atoms with Crippen LogP contribution < -0.4 is 10.2 Å². The number of aromatic amines is 1. The van der Waals surface area contributed by atoms with Crippen LogP contribution in [0.4, 0.5) is 0 Å². The molecule has 0 saturated carbocycles. The van der Waals surface area contributed by atoms with Gasteiger partial charge in [-0.15, -0.1) is 0 Å². The zero-order valence-electron chi connectivity index (χ0n) is 15.1. The summed E-state index contributed by atoms with van der Waals surface area (Å²) in [6.07, 6.45) is 0.529. The van der Waals surface area contributed by atoms with Crippen LogP contribution in [0.15, 0.2) is 71.5 Å². The van der Waals surface area contributed by atoms with Crippen molar-refractivity contribution in [3.63, 3.8) is 0 Å². The number of ether oxygens (including phenoxy) is 2. The van der Waals surface area contributed by atoms with Crippen LogP contribution >= 0.6 is 0 Å². The predicted molar refractivity (Wildman–Crippen MR) is 103 cm³/mol. The first kappa shape index (κ1) is 18.5. The van der Waals surface area contributed by atoms with Crippen molar-refractivity contribution in [1.29, 1.82) is 0 Å². The maximum Gasteiger partial charge on any atom is 0.347 e. The van der Waals surface area contributed by atoms with Crippen LogP contribution in [0.3, 0.4) is 0 Å². The van der Waals surface area contributed by atoms with E-state index in [1.54, 1.807) is 6.92 Å². The number of carbonyl (C=O) groups excluding carboxylic acids is 1. The van der Waals surface area contributed by atoms with Crippen molar-refractivity contribution in [2.24, 2.45) is 0 Å². The van der Waals surface area contributed by atoms with Crippen LogP contribution in [-0.2, 0) is 17.8 Å². The molecule has 0 spiro atoms. The first-order chi connectivity index (χ1) is 13.2. The molecule has 0 bridgehead atoms. The normalized spacial score (nSPS) is 10.4. The molecule has 0 atom stereocenters. The van der Waals surface area contributed by atoms with E-state index in [0.717, 1.165) is 11.1 Å². The number of benzene rings is 2. The average Bonchev–Trinajstić information content (AvgIpc) is 2.68. The second-order valence-corrected chi connectivity index (χ2v) is 6.02. The third kappa shape index (κ3) is 4.85. The molecule has 1 N–H and O–H groups in total. The van der Waals surface area contributed by atoms with E-state index in [2.05, 4.69) is 4.98 Å². The van der Waals surface area contributed by atoms with Crippen LogP contribution in [0, 0.1) is 0 Å². The highest BCUT2D eigenvalue weighted by atomic mass is 16.5. The molecule has 0 aliphatic heterocycles. The highest BCUT2D eigenvalue weighted by Gasteiger charge is 2.20. The predicted octanol–water partition coefficient (Wildman–Crippen LogP) is 3.72. The van der Waals surface area contributed by atoms with Crippen molar-refractivity contribution in [2.75, 3.05) is 6.61 Å². The lowest BCUT2D eigenvalue weighted by Gasteiger charge is -2.13. The van der Waals surface area contributed by atoms with Crippen molar-refractivity contribution in [1.82, 2.24) is 4.98 Å². The Morgan fingerprint density at radius 2 is 1.59 bits per heavy atom. The highest BCUT2D eigenvalue weighted by Crippen LogP contribution is 2.17. The minimum Gasteiger partial charge on any atom is -0.473 e. The molecule has 2 aromatic carbocycles. The molecule has 138 valence electrons. The minimum atomic E-state index is -0.687. The summed E-state index contributed by atoms with van der Waals surface area (Å²) in [4.78, 5) is 27.9. The Labute approximate surface area is 157 Å². The van der Waals surface area contributed by atoms with Crippen LogP contribution in [-0.4, -0.2) is 17.6 Å². The summed E-state index contributed by atoms with van der Waals surface area (Å²) in [5.74, 6) is -0.552. The van der Waals surface area contributed by atoms with Gasteiger partial charge in [0.25, 0.3) is 0 Å². The molecule has 0 amide bonds. The molecule has 3 rings (SSSR count). The quantitative estimate of drug-likeness (QED) is 0.650. The number of hydrogen-bond acceptors (Lipinski definition) is 4. The van der Waals surface area contributed by atoms with Gasteiger partial charge in [-0.25, -0.2) is 4.79 Å². The molecule has 0 aliphatic rings. The Morgan fingerprint density at radius 3 is 2.22 bits per heavy atom. The van der Waals surface area contributed by atoms with E-state index in [0.29, 0.717) is 12.1 Å². The maximum absolute atomic E-state index is 12.6. The van der Waals surface area contributed by atoms with Crippen molar-refractivity contribution >= 4 is 5.97 Å². The van der Waals surface area contributed by atoms with Gasteiger partial charge in [-0.05, 0) is 18.1 Å². The van der Waals surface area contributed by atoms with Crippen molar-refractivity contribution in [3.8, 4) is 5.88 Å². The van der Waals surface area contributed by atoms with Gasteiger partial charge in [-0.2, -0.15) is 0 Å². The van der Waals surface area contributed by atoms with Gasteiger partial charge in [-0.3, -0.25) is 4.79 Å². The largest absolute Gasteiger partial charge is 0.473 e. The van der Waals surface area contributed by atoms with Gasteiger partial charge in [0.05, 0.1) is 6.61 Å². The standard InChI is InChI=1S/C22H21NO4/c1-2-26-22(25)20-19(24)14-18(13-16-9-5-3-6-10-16)23-21(20)27-15-17-11-7-4-8-12-17/h3-12,14H,2,13,15H2,1H3,(H,23,24). The van der Waals surface area contributed by atoms with E-state index in [-0.39, 0.29) is 24.7 Å². The van der Waals surface area contributed by atoms with Gasteiger partial charge in [0.1, 0.15) is 6.61 Å². The molecule has 0 saturated heterocycles. The zero-order valence-corrected chi connectivity index (χ0v) is 15.1. The second kappa shape index (κ2) is 8.85.